The minimum Gasteiger partial charge on any atom is -0.465 e. The summed E-state index contributed by atoms with van der Waals surface area (Å²) in [5.74, 6) is -0.208. The van der Waals surface area contributed by atoms with Crippen molar-refractivity contribution in [2.45, 2.75) is 31.1 Å². The number of carbonyl (C=O) groups excluding carboxylic acids is 1. The largest absolute Gasteiger partial charge is 0.465 e. The monoisotopic (exact) mass is 561 g/mol. The van der Waals surface area contributed by atoms with Crippen LogP contribution in [0.25, 0.3) is 0 Å². The van der Waals surface area contributed by atoms with Crippen LogP contribution in [0, 0.1) is 0 Å². The number of thiazole rings is 1. The number of nitrogens with two attached hydrogens (primary N) is 1. The Morgan fingerprint density at radius 2 is 1.74 bits per heavy atom. The molecule has 12 nitrogen and oxygen atoms in total. The third-order valence-electron chi connectivity index (χ3n) is 4.76. The third-order valence-corrected chi connectivity index (χ3v) is 6.89. The van der Waals surface area contributed by atoms with E-state index in [-0.39, 0.29) is 10.8 Å². The SMILES string of the molecule is CC(=O)Nc1nc(CCc2ccc(NC=NC(=O)O)cc2)c(Cc2cccc(S(C)(=O)=O)c2)s1.NC(=O)O. The molecule has 0 unspecified atom stereocenters. The van der Waals surface area contributed by atoms with E-state index in [0.717, 1.165) is 28.0 Å². The topological polar surface area (TPSA) is 201 Å². The molecular weight excluding hydrogens is 534 g/mol. The van der Waals surface area contributed by atoms with Crippen LogP contribution in [0.15, 0.2) is 58.4 Å². The number of amides is 3. The van der Waals surface area contributed by atoms with E-state index in [0.29, 0.717) is 30.1 Å². The van der Waals surface area contributed by atoms with Gasteiger partial charge in [-0.05, 0) is 48.2 Å². The molecule has 0 aliphatic heterocycles. The predicted octanol–water partition coefficient (Wildman–Crippen LogP) is 3.62. The van der Waals surface area contributed by atoms with Gasteiger partial charge in [-0.25, -0.2) is 23.0 Å². The smallest absolute Gasteiger partial charge is 0.432 e. The highest BCUT2D eigenvalue weighted by Gasteiger charge is 2.15. The van der Waals surface area contributed by atoms with Crippen LogP contribution >= 0.6 is 11.3 Å². The number of aromatic nitrogens is 1. The van der Waals surface area contributed by atoms with Crippen LogP contribution in [0.2, 0.25) is 0 Å². The van der Waals surface area contributed by atoms with Gasteiger partial charge in [0, 0.05) is 30.2 Å². The Kier molecular flexibility index (Phi) is 10.9. The molecule has 3 aromatic rings. The van der Waals surface area contributed by atoms with Crippen LogP contribution in [0.4, 0.5) is 20.4 Å². The fraction of sp³-hybridized carbons (Fsp3) is 0.208. The molecule has 0 radical (unpaired) electrons. The van der Waals surface area contributed by atoms with Crippen LogP contribution in [0.3, 0.4) is 0 Å². The van der Waals surface area contributed by atoms with Gasteiger partial charge in [-0.1, -0.05) is 24.3 Å². The fourth-order valence-corrected chi connectivity index (χ4v) is 4.96. The second kappa shape index (κ2) is 13.9. The number of nitrogens with one attached hydrogen (secondary N) is 2. The number of aryl methyl sites for hydroxylation is 2. The average molecular weight is 562 g/mol. The van der Waals surface area contributed by atoms with Crippen molar-refractivity contribution in [1.82, 2.24) is 4.98 Å². The van der Waals surface area contributed by atoms with E-state index in [9.17, 15) is 18.0 Å². The second-order valence-electron chi connectivity index (χ2n) is 7.89. The van der Waals surface area contributed by atoms with Crippen molar-refractivity contribution in [3.05, 3.63) is 70.2 Å². The van der Waals surface area contributed by atoms with Crippen molar-refractivity contribution >= 4 is 56.4 Å². The highest BCUT2D eigenvalue weighted by atomic mass is 32.2. The van der Waals surface area contributed by atoms with E-state index >= 15 is 0 Å². The zero-order valence-corrected chi connectivity index (χ0v) is 22.2. The van der Waals surface area contributed by atoms with E-state index < -0.39 is 22.0 Å². The summed E-state index contributed by atoms with van der Waals surface area (Å²) < 4.78 is 23.8. The van der Waals surface area contributed by atoms with E-state index in [1.165, 1.54) is 24.5 Å². The number of hydrogen-bond donors (Lipinski definition) is 5. The number of benzene rings is 2. The van der Waals surface area contributed by atoms with Gasteiger partial charge in [0.2, 0.25) is 5.91 Å². The number of carboxylic acid groups (broad SMARTS) is 2. The second-order valence-corrected chi connectivity index (χ2v) is 11.0. The van der Waals surface area contributed by atoms with Crippen molar-refractivity contribution in [2.24, 2.45) is 10.7 Å². The number of rotatable bonds is 9. The molecule has 202 valence electrons. The maximum absolute atomic E-state index is 11.9. The maximum Gasteiger partial charge on any atom is 0.432 e. The van der Waals surface area contributed by atoms with Crippen LogP contribution in [0.5, 0.6) is 0 Å². The number of aliphatic imine (C=N–C) groups is 1. The molecule has 0 saturated heterocycles. The number of sulfone groups is 1. The van der Waals surface area contributed by atoms with Gasteiger partial charge < -0.3 is 26.6 Å². The quantitative estimate of drug-likeness (QED) is 0.191. The molecule has 3 amide bonds. The lowest BCUT2D eigenvalue weighted by Crippen LogP contribution is -2.05. The van der Waals surface area contributed by atoms with Crippen LogP contribution in [0.1, 0.15) is 28.6 Å². The van der Waals surface area contributed by atoms with Crippen LogP contribution in [-0.2, 0) is 33.9 Å². The summed E-state index contributed by atoms with van der Waals surface area (Å²) in [6.07, 6.45) is 1.51. The van der Waals surface area contributed by atoms with Crippen molar-refractivity contribution in [1.29, 1.82) is 0 Å². The third kappa shape index (κ3) is 10.8. The summed E-state index contributed by atoms with van der Waals surface area (Å²) in [6, 6.07) is 14.3. The van der Waals surface area contributed by atoms with Crippen LogP contribution in [-0.4, -0.2) is 54.3 Å². The Bertz CT molecular complexity index is 1410. The normalized spacial score (nSPS) is 10.9. The van der Waals surface area contributed by atoms with E-state index in [1.54, 1.807) is 18.2 Å². The van der Waals surface area contributed by atoms with E-state index in [4.69, 9.17) is 15.0 Å². The number of carbonyl (C=O) groups is 3. The molecule has 14 heteroatoms. The Hall–Kier alpha value is -4.30. The summed E-state index contributed by atoms with van der Waals surface area (Å²) in [6.45, 7) is 1.42. The molecule has 1 heterocycles. The lowest BCUT2D eigenvalue weighted by molar-refractivity contribution is -0.114. The first-order chi connectivity index (χ1) is 17.8. The number of primary amides is 1. The van der Waals surface area contributed by atoms with Crippen LogP contribution < -0.4 is 16.4 Å². The lowest BCUT2D eigenvalue weighted by atomic mass is 10.0. The highest BCUT2D eigenvalue weighted by molar-refractivity contribution is 7.90. The Balaban J connectivity index is 0.00000118. The maximum atomic E-state index is 11.9. The zero-order chi connectivity index (χ0) is 28.3. The molecule has 3 rings (SSSR count). The van der Waals surface area contributed by atoms with Crippen molar-refractivity contribution in [3.8, 4) is 0 Å². The summed E-state index contributed by atoms with van der Waals surface area (Å²) in [5.41, 5.74) is 7.48. The van der Waals surface area contributed by atoms with Gasteiger partial charge in [0.1, 0.15) is 0 Å². The Labute approximate surface area is 223 Å². The van der Waals surface area contributed by atoms with Gasteiger partial charge in [0.05, 0.1) is 16.9 Å². The number of anilines is 2. The molecular formula is C24H27N5O7S2. The summed E-state index contributed by atoms with van der Waals surface area (Å²) >= 11 is 1.38. The average Bonchev–Trinajstić information content (AvgIpc) is 3.17. The van der Waals surface area contributed by atoms with Gasteiger partial charge in [0.25, 0.3) is 0 Å². The van der Waals surface area contributed by atoms with Gasteiger partial charge >= 0.3 is 12.2 Å². The van der Waals surface area contributed by atoms with E-state index in [2.05, 4.69) is 26.3 Å². The first-order valence-corrected chi connectivity index (χ1v) is 13.7. The molecule has 6 N–H and O–H groups in total. The predicted molar refractivity (Wildman–Crippen MR) is 145 cm³/mol. The molecule has 0 fully saturated rings. The first kappa shape index (κ1) is 29.9. The van der Waals surface area contributed by atoms with Gasteiger partial charge in [0.15, 0.2) is 15.0 Å². The molecule has 38 heavy (non-hydrogen) atoms. The first-order valence-electron chi connectivity index (χ1n) is 11.0. The molecule has 0 aliphatic carbocycles. The molecule has 0 saturated carbocycles. The Morgan fingerprint density at radius 3 is 2.32 bits per heavy atom. The minimum absolute atomic E-state index is 0.208. The minimum atomic E-state index is -3.31. The summed E-state index contributed by atoms with van der Waals surface area (Å²) in [7, 11) is -3.31. The molecule has 0 bridgehead atoms. The standard InChI is InChI=1S/C23H24N4O5S2.CH3NO2/c1-15(28)26-22-27-20(11-8-16-6-9-18(10-7-16)24-14-25-23(29)30)21(33-22)13-17-4-3-5-19(12-17)34(2,31)32;2-1(3)4/h3-7,9-10,12,14H,8,11,13H2,1-2H3,(H,24,25)(H,29,30)(H,26,27,28);2H2,(H,3,4). The molecule has 1 aromatic heterocycles. The molecule has 0 atom stereocenters. The summed E-state index contributed by atoms with van der Waals surface area (Å²) in [4.78, 5) is 39.7. The van der Waals surface area contributed by atoms with Crippen molar-refractivity contribution in [2.75, 3.05) is 16.9 Å². The number of hydrogen-bond acceptors (Lipinski definition) is 7. The fourth-order valence-electron chi connectivity index (χ4n) is 3.18. The molecule has 0 aliphatic rings. The number of nitrogens with zero attached hydrogens (tertiary/aromatic N) is 2. The highest BCUT2D eigenvalue weighted by Crippen LogP contribution is 2.28. The van der Waals surface area contributed by atoms with Crippen molar-refractivity contribution < 1.29 is 33.0 Å². The van der Waals surface area contributed by atoms with Gasteiger partial charge in [-0.15, -0.1) is 11.3 Å². The van der Waals surface area contributed by atoms with Crippen molar-refractivity contribution in [3.63, 3.8) is 0 Å². The van der Waals surface area contributed by atoms with E-state index in [1.807, 2.05) is 30.3 Å². The molecule has 0 spiro atoms. The summed E-state index contributed by atoms with van der Waals surface area (Å²) in [5, 5.41) is 21.8. The lowest BCUT2D eigenvalue weighted by Gasteiger charge is -2.06. The Morgan fingerprint density at radius 1 is 1.08 bits per heavy atom. The van der Waals surface area contributed by atoms with Gasteiger partial charge in [-0.2, -0.15) is 4.99 Å². The van der Waals surface area contributed by atoms with Gasteiger partial charge in [-0.3, -0.25) is 4.79 Å². The molecule has 2 aromatic carbocycles. The zero-order valence-electron chi connectivity index (χ0n) is 20.5.